The number of ether oxygens (including phenoxy) is 1. The highest BCUT2D eigenvalue weighted by Crippen LogP contribution is 2.20. The first-order chi connectivity index (χ1) is 14.8. The minimum Gasteiger partial charge on any atom is -0.378 e. The van der Waals surface area contributed by atoms with Crippen molar-refractivity contribution >= 4 is 11.8 Å². The zero-order valence-electron chi connectivity index (χ0n) is 18.9. The zero-order chi connectivity index (χ0) is 21.0. The van der Waals surface area contributed by atoms with Crippen molar-refractivity contribution < 1.29 is 4.74 Å². The molecule has 1 aromatic rings. The van der Waals surface area contributed by atoms with Gasteiger partial charge < -0.3 is 25.2 Å². The van der Waals surface area contributed by atoms with Crippen molar-refractivity contribution in [2.75, 3.05) is 57.8 Å². The summed E-state index contributed by atoms with van der Waals surface area (Å²) >= 11 is 0. The van der Waals surface area contributed by atoms with E-state index in [1.807, 2.05) is 13.2 Å². The summed E-state index contributed by atoms with van der Waals surface area (Å²) in [5.41, 5.74) is 1.22. The maximum Gasteiger partial charge on any atom is 0.191 e. The Labute approximate surface area is 182 Å². The first-order valence-electron chi connectivity index (χ1n) is 11.8. The first-order valence-corrected chi connectivity index (χ1v) is 11.8. The van der Waals surface area contributed by atoms with Crippen LogP contribution in [0.15, 0.2) is 23.3 Å². The smallest absolute Gasteiger partial charge is 0.191 e. The lowest BCUT2D eigenvalue weighted by Crippen LogP contribution is -2.46. The first kappa shape index (κ1) is 22.8. The molecule has 7 heteroatoms. The summed E-state index contributed by atoms with van der Waals surface area (Å²) in [6.45, 7) is 10.1. The Bertz CT molecular complexity index is 638. The molecule has 2 heterocycles. The third-order valence-corrected chi connectivity index (χ3v) is 6.16. The van der Waals surface area contributed by atoms with E-state index in [4.69, 9.17) is 4.74 Å². The van der Waals surface area contributed by atoms with Crippen molar-refractivity contribution in [2.24, 2.45) is 4.99 Å². The fraction of sp³-hybridized carbons (Fsp3) is 0.739. The molecule has 7 nitrogen and oxygen atoms in total. The Morgan fingerprint density at radius 3 is 2.70 bits per heavy atom. The molecule has 168 valence electrons. The Kier molecular flexibility index (Phi) is 9.70. The molecule has 1 saturated heterocycles. The monoisotopic (exact) mass is 416 g/mol. The van der Waals surface area contributed by atoms with Gasteiger partial charge in [0.25, 0.3) is 0 Å². The molecule has 1 aliphatic heterocycles. The molecule has 0 radical (unpaired) electrons. The van der Waals surface area contributed by atoms with E-state index in [9.17, 15) is 0 Å². The molecule has 30 heavy (non-hydrogen) atoms. The van der Waals surface area contributed by atoms with Gasteiger partial charge in [0, 0.05) is 59.1 Å². The van der Waals surface area contributed by atoms with Crippen LogP contribution in [0.5, 0.6) is 0 Å². The summed E-state index contributed by atoms with van der Waals surface area (Å²) in [5, 5.41) is 6.81. The number of hydrogen-bond acceptors (Lipinski definition) is 5. The number of nitrogens with zero attached hydrogens (tertiary/aromatic N) is 4. The van der Waals surface area contributed by atoms with Crippen LogP contribution in [0.4, 0.5) is 5.82 Å². The summed E-state index contributed by atoms with van der Waals surface area (Å²) in [5.74, 6) is 1.91. The van der Waals surface area contributed by atoms with E-state index in [1.165, 1.54) is 37.7 Å². The highest BCUT2D eigenvalue weighted by atomic mass is 16.5. The fourth-order valence-electron chi connectivity index (χ4n) is 4.20. The molecule has 2 aliphatic rings. The highest BCUT2D eigenvalue weighted by molar-refractivity contribution is 5.79. The van der Waals surface area contributed by atoms with Crippen LogP contribution in [0.25, 0.3) is 0 Å². The summed E-state index contributed by atoms with van der Waals surface area (Å²) < 4.78 is 6.00. The van der Waals surface area contributed by atoms with Gasteiger partial charge in [-0.15, -0.1) is 0 Å². The van der Waals surface area contributed by atoms with Crippen molar-refractivity contribution in [3.8, 4) is 0 Å². The van der Waals surface area contributed by atoms with Crippen LogP contribution in [0, 0.1) is 0 Å². The molecule has 0 aromatic carbocycles. The molecule has 3 rings (SSSR count). The zero-order valence-corrected chi connectivity index (χ0v) is 18.9. The molecule has 2 fully saturated rings. The third kappa shape index (κ3) is 7.43. The van der Waals surface area contributed by atoms with E-state index in [0.717, 1.165) is 70.6 Å². The number of aromatic nitrogens is 1. The summed E-state index contributed by atoms with van der Waals surface area (Å²) in [6, 6.07) is 4.27. The minimum absolute atomic E-state index is 0.488. The van der Waals surface area contributed by atoms with E-state index in [-0.39, 0.29) is 0 Å². The average molecular weight is 417 g/mol. The molecule has 2 N–H and O–H groups in total. The van der Waals surface area contributed by atoms with Gasteiger partial charge in [-0.05, 0) is 43.5 Å². The number of guanidine groups is 1. The molecule has 1 saturated carbocycles. The van der Waals surface area contributed by atoms with Crippen molar-refractivity contribution in [2.45, 2.75) is 58.1 Å². The third-order valence-electron chi connectivity index (χ3n) is 6.16. The van der Waals surface area contributed by atoms with Crippen LogP contribution in [-0.2, 0) is 11.3 Å². The number of nitrogens with one attached hydrogen (secondary N) is 2. The Morgan fingerprint density at radius 2 is 1.97 bits per heavy atom. The molecular formula is C23H40N6O. The van der Waals surface area contributed by atoms with Gasteiger partial charge in [-0.3, -0.25) is 4.99 Å². The number of piperazine rings is 1. The average Bonchev–Trinajstić information content (AvgIpc) is 2.82. The SMILES string of the molecule is CCN1CCN(c2cc(CNC(=NC)NCCCOC3CCCCC3)ccn2)CC1. The normalized spacial score (nSPS) is 19.1. The van der Waals surface area contributed by atoms with E-state index >= 15 is 0 Å². The fourth-order valence-corrected chi connectivity index (χ4v) is 4.20. The lowest BCUT2D eigenvalue weighted by atomic mass is 9.98. The van der Waals surface area contributed by atoms with Gasteiger partial charge in [0.1, 0.15) is 5.82 Å². The molecule has 0 unspecified atom stereocenters. The van der Waals surface area contributed by atoms with Gasteiger partial charge in [-0.1, -0.05) is 26.2 Å². The molecule has 0 spiro atoms. The largest absolute Gasteiger partial charge is 0.378 e. The van der Waals surface area contributed by atoms with Gasteiger partial charge in [0.15, 0.2) is 5.96 Å². The Balaban J connectivity index is 1.35. The van der Waals surface area contributed by atoms with E-state index in [1.54, 1.807) is 0 Å². The second kappa shape index (κ2) is 12.7. The number of anilines is 1. The molecule has 1 aromatic heterocycles. The summed E-state index contributed by atoms with van der Waals surface area (Å²) in [4.78, 5) is 13.8. The number of likely N-dealkylation sites (N-methyl/N-ethyl adjacent to an activating group) is 1. The number of aliphatic imine (C=N–C) groups is 1. The van der Waals surface area contributed by atoms with E-state index in [2.05, 4.69) is 49.5 Å². The van der Waals surface area contributed by atoms with Crippen LogP contribution in [0.1, 0.15) is 51.0 Å². The second-order valence-electron chi connectivity index (χ2n) is 8.28. The topological polar surface area (TPSA) is 65.0 Å². The van der Waals surface area contributed by atoms with Crippen LogP contribution in [0.3, 0.4) is 0 Å². The predicted molar refractivity (Wildman–Crippen MR) is 124 cm³/mol. The van der Waals surface area contributed by atoms with Crippen molar-refractivity contribution in [3.05, 3.63) is 23.9 Å². The highest BCUT2D eigenvalue weighted by Gasteiger charge is 2.17. The van der Waals surface area contributed by atoms with Gasteiger partial charge in [-0.2, -0.15) is 0 Å². The van der Waals surface area contributed by atoms with E-state index < -0.39 is 0 Å². The Morgan fingerprint density at radius 1 is 1.17 bits per heavy atom. The number of hydrogen-bond donors (Lipinski definition) is 2. The lowest BCUT2D eigenvalue weighted by molar-refractivity contribution is 0.0277. The van der Waals surface area contributed by atoms with Gasteiger partial charge >= 0.3 is 0 Å². The lowest BCUT2D eigenvalue weighted by Gasteiger charge is -2.34. The van der Waals surface area contributed by atoms with Gasteiger partial charge in [0.2, 0.25) is 0 Å². The van der Waals surface area contributed by atoms with Crippen LogP contribution in [-0.4, -0.2) is 74.9 Å². The predicted octanol–water partition coefficient (Wildman–Crippen LogP) is 2.63. The van der Waals surface area contributed by atoms with Crippen molar-refractivity contribution in [1.82, 2.24) is 20.5 Å². The van der Waals surface area contributed by atoms with Crippen molar-refractivity contribution in [1.29, 1.82) is 0 Å². The van der Waals surface area contributed by atoms with Gasteiger partial charge in [0.05, 0.1) is 6.10 Å². The number of rotatable bonds is 9. The standard InChI is InChI=1S/C23H40N6O/c1-3-28-13-15-29(16-14-28)22-18-20(10-12-25-22)19-27-23(24-2)26-11-7-17-30-21-8-5-4-6-9-21/h10,12,18,21H,3-9,11,13-17,19H2,1-2H3,(H2,24,26,27). The van der Waals surface area contributed by atoms with Gasteiger partial charge in [-0.25, -0.2) is 4.98 Å². The molecule has 0 bridgehead atoms. The molecule has 0 amide bonds. The minimum atomic E-state index is 0.488. The quantitative estimate of drug-likeness (QED) is 0.367. The molecule has 1 aliphatic carbocycles. The second-order valence-corrected chi connectivity index (χ2v) is 8.28. The maximum absolute atomic E-state index is 6.00. The Hall–Kier alpha value is -1.86. The maximum atomic E-state index is 6.00. The number of pyridine rings is 1. The summed E-state index contributed by atoms with van der Waals surface area (Å²) in [6.07, 6.45) is 9.89. The molecular weight excluding hydrogens is 376 g/mol. The summed E-state index contributed by atoms with van der Waals surface area (Å²) in [7, 11) is 1.82. The van der Waals surface area contributed by atoms with E-state index in [0.29, 0.717) is 6.10 Å². The van der Waals surface area contributed by atoms with Crippen LogP contribution in [0.2, 0.25) is 0 Å². The van der Waals surface area contributed by atoms with Crippen LogP contribution < -0.4 is 15.5 Å². The van der Waals surface area contributed by atoms with Crippen molar-refractivity contribution in [3.63, 3.8) is 0 Å². The molecule has 0 atom stereocenters. The van der Waals surface area contributed by atoms with Crippen LogP contribution >= 0.6 is 0 Å².